The molecular formula is C9H17N5O. The minimum atomic E-state index is -0.266. The molecule has 0 saturated carbocycles. The third-order valence-corrected chi connectivity index (χ3v) is 2.11. The van der Waals surface area contributed by atoms with E-state index in [2.05, 4.69) is 27.7 Å². The third kappa shape index (κ3) is 3.57. The summed E-state index contributed by atoms with van der Waals surface area (Å²) in [5, 5.41) is 12.3. The van der Waals surface area contributed by atoms with Crippen LogP contribution in [0.1, 0.15) is 43.1 Å². The molecule has 0 bridgehead atoms. The fraction of sp³-hybridized carbons (Fsp3) is 0.667. The van der Waals surface area contributed by atoms with Crippen LogP contribution in [0.25, 0.3) is 0 Å². The second kappa shape index (κ2) is 6.00. The first kappa shape index (κ1) is 11.5. The van der Waals surface area contributed by atoms with E-state index in [9.17, 15) is 4.79 Å². The van der Waals surface area contributed by atoms with Gasteiger partial charge in [0, 0.05) is 6.54 Å². The van der Waals surface area contributed by atoms with E-state index in [1.807, 2.05) is 0 Å². The number of nitrogens with zero attached hydrogens (tertiary/aromatic N) is 2. The fourth-order valence-corrected chi connectivity index (χ4v) is 1.24. The van der Waals surface area contributed by atoms with Crippen LogP contribution in [0.2, 0.25) is 0 Å². The van der Waals surface area contributed by atoms with Crippen molar-refractivity contribution in [2.45, 2.75) is 32.6 Å². The highest BCUT2D eigenvalue weighted by Crippen LogP contribution is 2.02. The normalized spacial score (nSPS) is 10.2. The molecule has 0 fully saturated rings. The van der Waals surface area contributed by atoms with Crippen LogP contribution >= 0.6 is 0 Å². The van der Waals surface area contributed by atoms with Crippen LogP contribution in [-0.4, -0.2) is 27.9 Å². The molecule has 6 heteroatoms. The van der Waals surface area contributed by atoms with Gasteiger partial charge in [-0.3, -0.25) is 4.79 Å². The minimum Gasteiger partial charge on any atom is -0.380 e. The molecule has 4 N–H and O–H groups in total. The van der Waals surface area contributed by atoms with Crippen LogP contribution in [0.5, 0.6) is 0 Å². The molecule has 6 nitrogen and oxygen atoms in total. The number of aromatic nitrogens is 3. The Morgan fingerprint density at radius 1 is 1.40 bits per heavy atom. The molecule has 1 aromatic rings. The average Bonchev–Trinajstić information content (AvgIpc) is 2.64. The lowest BCUT2D eigenvalue weighted by Gasteiger charge is -2.02. The molecule has 0 saturated heterocycles. The van der Waals surface area contributed by atoms with Gasteiger partial charge in [0.2, 0.25) is 0 Å². The van der Waals surface area contributed by atoms with E-state index in [1.165, 1.54) is 12.8 Å². The average molecular weight is 211 g/mol. The molecule has 0 aliphatic carbocycles. The molecule has 1 rings (SSSR count). The van der Waals surface area contributed by atoms with E-state index >= 15 is 0 Å². The molecular weight excluding hydrogens is 194 g/mol. The monoisotopic (exact) mass is 211 g/mol. The van der Waals surface area contributed by atoms with Gasteiger partial charge in [0.25, 0.3) is 5.91 Å². The van der Waals surface area contributed by atoms with Crippen LogP contribution in [0, 0.1) is 0 Å². The molecule has 0 aliphatic rings. The molecule has 0 spiro atoms. The van der Waals surface area contributed by atoms with Gasteiger partial charge in [-0.2, -0.15) is 5.21 Å². The highest BCUT2D eigenvalue weighted by molar-refractivity contribution is 5.96. The number of nitrogens with two attached hydrogens (primary N) is 1. The molecule has 0 atom stereocenters. The maximum atomic E-state index is 11.4. The van der Waals surface area contributed by atoms with Gasteiger partial charge in [0.15, 0.2) is 11.5 Å². The molecule has 0 aliphatic heterocycles. The van der Waals surface area contributed by atoms with Gasteiger partial charge < -0.3 is 11.1 Å². The van der Waals surface area contributed by atoms with Crippen molar-refractivity contribution in [1.29, 1.82) is 0 Å². The maximum absolute atomic E-state index is 11.4. The number of carbonyl (C=O) groups excluding carboxylic acids is 1. The number of unbranched alkanes of at least 4 members (excludes halogenated alkanes) is 3. The molecule has 0 unspecified atom stereocenters. The number of nitrogen functional groups attached to an aromatic ring is 1. The van der Waals surface area contributed by atoms with Gasteiger partial charge >= 0.3 is 0 Å². The topological polar surface area (TPSA) is 96.7 Å². The van der Waals surface area contributed by atoms with Crippen molar-refractivity contribution >= 4 is 11.7 Å². The number of carbonyl (C=O) groups is 1. The van der Waals surface area contributed by atoms with Crippen molar-refractivity contribution in [3.05, 3.63) is 5.69 Å². The zero-order chi connectivity index (χ0) is 11.1. The van der Waals surface area contributed by atoms with Gasteiger partial charge in [-0.05, 0) is 6.42 Å². The SMILES string of the molecule is CCCCCCNC(=O)c1n[nH]nc1N. The highest BCUT2D eigenvalue weighted by Gasteiger charge is 2.12. The first-order valence-electron chi connectivity index (χ1n) is 5.20. The predicted molar refractivity (Wildman–Crippen MR) is 57.3 cm³/mol. The Balaban J connectivity index is 2.22. The number of amides is 1. The molecule has 0 aromatic carbocycles. The summed E-state index contributed by atoms with van der Waals surface area (Å²) in [6.07, 6.45) is 4.49. The molecule has 1 aromatic heterocycles. The number of aromatic amines is 1. The smallest absolute Gasteiger partial charge is 0.275 e. The highest BCUT2D eigenvalue weighted by atomic mass is 16.2. The van der Waals surface area contributed by atoms with Crippen LogP contribution in [0.3, 0.4) is 0 Å². The maximum Gasteiger partial charge on any atom is 0.275 e. The van der Waals surface area contributed by atoms with Gasteiger partial charge in [-0.15, -0.1) is 10.2 Å². The van der Waals surface area contributed by atoms with E-state index in [0.717, 1.165) is 12.8 Å². The summed E-state index contributed by atoms with van der Waals surface area (Å²) in [5.41, 5.74) is 5.60. The molecule has 1 heterocycles. The van der Waals surface area contributed by atoms with Crippen LogP contribution in [0.4, 0.5) is 5.82 Å². The third-order valence-electron chi connectivity index (χ3n) is 2.11. The predicted octanol–water partition coefficient (Wildman–Crippen LogP) is 0.697. The number of anilines is 1. The van der Waals surface area contributed by atoms with Gasteiger partial charge in [0.05, 0.1) is 0 Å². The lowest BCUT2D eigenvalue weighted by atomic mass is 10.2. The Morgan fingerprint density at radius 3 is 2.80 bits per heavy atom. The van der Waals surface area contributed by atoms with Crippen molar-refractivity contribution in [2.24, 2.45) is 0 Å². The Hall–Kier alpha value is -1.59. The number of hydrogen-bond donors (Lipinski definition) is 3. The summed E-state index contributed by atoms with van der Waals surface area (Å²) in [4.78, 5) is 11.4. The molecule has 0 radical (unpaired) electrons. The van der Waals surface area contributed by atoms with E-state index in [0.29, 0.717) is 6.54 Å². The number of rotatable bonds is 6. The van der Waals surface area contributed by atoms with E-state index in [-0.39, 0.29) is 17.4 Å². The lowest BCUT2D eigenvalue weighted by Crippen LogP contribution is -2.25. The summed E-state index contributed by atoms with van der Waals surface area (Å²) < 4.78 is 0. The van der Waals surface area contributed by atoms with Crippen molar-refractivity contribution in [3.8, 4) is 0 Å². The molecule has 84 valence electrons. The van der Waals surface area contributed by atoms with Crippen LogP contribution < -0.4 is 11.1 Å². The molecule has 15 heavy (non-hydrogen) atoms. The zero-order valence-electron chi connectivity index (χ0n) is 8.92. The van der Waals surface area contributed by atoms with Gasteiger partial charge in [0.1, 0.15) is 0 Å². The Morgan fingerprint density at radius 2 is 2.20 bits per heavy atom. The number of H-pyrrole nitrogens is 1. The van der Waals surface area contributed by atoms with Crippen molar-refractivity contribution < 1.29 is 4.79 Å². The second-order valence-electron chi connectivity index (χ2n) is 3.37. The van der Waals surface area contributed by atoms with E-state index < -0.39 is 0 Å². The van der Waals surface area contributed by atoms with Gasteiger partial charge in [-0.1, -0.05) is 26.2 Å². The quantitative estimate of drug-likeness (QED) is 0.603. The standard InChI is InChI=1S/C9H17N5O/c1-2-3-4-5-6-11-9(15)7-8(10)13-14-12-7/h2-6H2,1H3,(H,11,15)(H3,10,12,13,14). The summed E-state index contributed by atoms with van der Waals surface area (Å²) in [5.74, 6) is -0.126. The summed E-state index contributed by atoms with van der Waals surface area (Å²) in [7, 11) is 0. The zero-order valence-corrected chi connectivity index (χ0v) is 8.92. The van der Waals surface area contributed by atoms with Crippen molar-refractivity contribution in [2.75, 3.05) is 12.3 Å². The Bertz CT molecular complexity index is 309. The number of hydrogen-bond acceptors (Lipinski definition) is 4. The van der Waals surface area contributed by atoms with Gasteiger partial charge in [-0.25, -0.2) is 0 Å². The van der Waals surface area contributed by atoms with Crippen LogP contribution in [-0.2, 0) is 0 Å². The van der Waals surface area contributed by atoms with Crippen molar-refractivity contribution in [3.63, 3.8) is 0 Å². The molecule has 1 amide bonds. The Kier molecular flexibility index (Phi) is 4.59. The van der Waals surface area contributed by atoms with Crippen molar-refractivity contribution in [1.82, 2.24) is 20.7 Å². The van der Waals surface area contributed by atoms with E-state index in [1.54, 1.807) is 0 Å². The summed E-state index contributed by atoms with van der Waals surface area (Å²) in [6.45, 7) is 2.81. The Labute approximate surface area is 88.6 Å². The van der Waals surface area contributed by atoms with E-state index in [4.69, 9.17) is 5.73 Å². The largest absolute Gasteiger partial charge is 0.380 e. The second-order valence-corrected chi connectivity index (χ2v) is 3.37. The first-order chi connectivity index (χ1) is 7.25. The number of nitrogens with one attached hydrogen (secondary N) is 2. The van der Waals surface area contributed by atoms with Crippen LogP contribution in [0.15, 0.2) is 0 Å². The summed E-state index contributed by atoms with van der Waals surface area (Å²) in [6, 6.07) is 0. The fourth-order valence-electron chi connectivity index (χ4n) is 1.24. The first-order valence-corrected chi connectivity index (χ1v) is 5.20. The lowest BCUT2D eigenvalue weighted by molar-refractivity contribution is 0.0949. The minimum absolute atomic E-state index is 0.140. The summed E-state index contributed by atoms with van der Waals surface area (Å²) >= 11 is 0.